The van der Waals surface area contributed by atoms with Gasteiger partial charge in [0.1, 0.15) is 12.7 Å². The highest BCUT2D eigenvalue weighted by Crippen LogP contribution is 2.29. The third-order valence-corrected chi connectivity index (χ3v) is 6.19. The summed E-state index contributed by atoms with van der Waals surface area (Å²) in [5.74, 6) is -0.693. The minimum Gasteiger partial charge on any atom is -0.393 e. The van der Waals surface area contributed by atoms with Gasteiger partial charge in [-0.15, -0.1) is 0 Å². The van der Waals surface area contributed by atoms with Gasteiger partial charge in [-0.3, -0.25) is 10.4 Å². The van der Waals surface area contributed by atoms with Crippen LogP contribution in [0.1, 0.15) is 18.4 Å². The molecule has 1 fully saturated rings. The van der Waals surface area contributed by atoms with Gasteiger partial charge in [-0.05, 0) is 55.3 Å². The Balaban J connectivity index is 1.28. The summed E-state index contributed by atoms with van der Waals surface area (Å²) < 4.78 is 38.4. The summed E-state index contributed by atoms with van der Waals surface area (Å²) in [7, 11) is 0. The lowest BCUT2D eigenvalue weighted by Gasteiger charge is -2.32. The molecule has 190 valence electrons. The number of alkyl halides is 3. The van der Waals surface area contributed by atoms with E-state index in [0.29, 0.717) is 54.5 Å². The lowest BCUT2D eigenvalue weighted by atomic mass is 10.0. The molecule has 5 rings (SSSR count). The fraction of sp³-hybridized carbons (Fsp3) is 0.280. The van der Waals surface area contributed by atoms with Crippen molar-refractivity contribution in [3.63, 3.8) is 0 Å². The second kappa shape index (κ2) is 9.94. The van der Waals surface area contributed by atoms with Crippen molar-refractivity contribution < 1.29 is 18.3 Å². The van der Waals surface area contributed by atoms with Crippen molar-refractivity contribution in [1.82, 2.24) is 15.4 Å². The Kier molecular flexibility index (Phi) is 6.54. The lowest BCUT2D eigenvalue weighted by molar-refractivity contribution is -0.0611. The monoisotopic (exact) mass is 508 g/mol. The number of rotatable bonds is 5. The number of aliphatic hydroxyl groups excluding tert-OH is 1. The smallest absolute Gasteiger partial charge is 0.393 e. The molecule has 1 saturated heterocycles. The van der Waals surface area contributed by atoms with Gasteiger partial charge in [-0.25, -0.2) is 15.0 Å². The van der Waals surface area contributed by atoms with E-state index in [-0.39, 0.29) is 12.8 Å². The van der Waals surface area contributed by atoms with Gasteiger partial charge in [0, 0.05) is 30.5 Å². The molecule has 1 aromatic heterocycles. The second-order valence-electron chi connectivity index (χ2n) is 8.69. The number of aliphatic imine (C=N–C) groups is 1. The van der Waals surface area contributed by atoms with Crippen LogP contribution in [0.5, 0.6) is 0 Å². The number of halogens is 3. The van der Waals surface area contributed by atoms with Crippen LogP contribution in [0.4, 0.5) is 36.2 Å². The topological polar surface area (TPSA) is 113 Å². The molecule has 37 heavy (non-hydrogen) atoms. The van der Waals surface area contributed by atoms with E-state index >= 15 is 0 Å². The van der Waals surface area contributed by atoms with Gasteiger partial charge < -0.3 is 15.3 Å². The van der Waals surface area contributed by atoms with Crippen LogP contribution in [0.25, 0.3) is 11.3 Å². The Morgan fingerprint density at radius 2 is 1.84 bits per heavy atom. The molecule has 0 saturated carbocycles. The highest BCUT2D eigenvalue weighted by molar-refractivity contribution is 5.90. The maximum atomic E-state index is 12.8. The van der Waals surface area contributed by atoms with Crippen molar-refractivity contribution in [3.05, 3.63) is 60.3 Å². The summed E-state index contributed by atoms with van der Waals surface area (Å²) in [5.41, 5.74) is 6.19. The molecular weight excluding hydrogens is 485 g/mol. The van der Waals surface area contributed by atoms with Crippen LogP contribution in [0.15, 0.2) is 59.7 Å². The highest BCUT2D eigenvalue weighted by Gasteiger charge is 2.39. The van der Waals surface area contributed by atoms with Crippen LogP contribution < -0.4 is 20.7 Å². The summed E-state index contributed by atoms with van der Waals surface area (Å²) in [5, 5.41) is 23.9. The van der Waals surface area contributed by atoms with Crippen molar-refractivity contribution >= 4 is 28.8 Å². The minimum atomic E-state index is -4.52. The van der Waals surface area contributed by atoms with E-state index in [0.717, 1.165) is 11.3 Å². The van der Waals surface area contributed by atoms with Crippen molar-refractivity contribution in [2.24, 2.45) is 4.99 Å². The third-order valence-electron chi connectivity index (χ3n) is 6.19. The Morgan fingerprint density at radius 1 is 1.08 bits per heavy atom. The zero-order chi connectivity index (χ0) is 26.0. The summed E-state index contributed by atoms with van der Waals surface area (Å²) in [6, 6.07) is 16.3. The maximum Gasteiger partial charge on any atom is 0.450 e. The second-order valence-corrected chi connectivity index (χ2v) is 8.69. The number of nitriles is 1. The first-order valence-corrected chi connectivity index (χ1v) is 11.6. The molecule has 0 bridgehead atoms. The lowest BCUT2D eigenvalue weighted by Crippen LogP contribution is -2.42. The van der Waals surface area contributed by atoms with Crippen LogP contribution >= 0.6 is 0 Å². The van der Waals surface area contributed by atoms with Crippen LogP contribution in [-0.4, -0.2) is 52.9 Å². The first kappa shape index (κ1) is 24.3. The molecule has 0 spiro atoms. The number of benzene rings is 2. The molecule has 2 aliphatic rings. The Labute approximate surface area is 210 Å². The van der Waals surface area contributed by atoms with Gasteiger partial charge in [-0.2, -0.15) is 18.4 Å². The van der Waals surface area contributed by atoms with Gasteiger partial charge >= 0.3 is 6.18 Å². The average Bonchev–Trinajstić information content (AvgIpc) is 3.41. The first-order chi connectivity index (χ1) is 17.8. The molecular formula is C25H23F3N8O. The molecule has 12 heteroatoms. The van der Waals surface area contributed by atoms with Gasteiger partial charge in [0.15, 0.2) is 0 Å². The number of aromatic nitrogens is 2. The largest absolute Gasteiger partial charge is 0.450 e. The molecule has 0 amide bonds. The SMILES string of the molecule is N#Cc1cc(-c2ccnc(Nc3ccc(N4CN=C(C(F)(F)F)N4)cc3)n2)ccc1N1CCC(O)CC1. The van der Waals surface area contributed by atoms with Crippen molar-refractivity contribution in [2.75, 3.05) is 35.0 Å². The number of amidine groups is 1. The molecule has 0 unspecified atom stereocenters. The number of nitrogens with one attached hydrogen (secondary N) is 2. The number of hydrogen-bond acceptors (Lipinski definition) is 9. The van der Waals surface area contributed by atoms with Crippen molar-refractivity contribution in [2.45, 2.75) is 25.1 Å². The third kappa shape index (κ3) is 5.41. The van der Waals surface area contributed by atoms with Gasteiger partial charge in [0.2, 0.25) is 11.8 Å². The molecule has 3 heterocycles. The maximum absolute atomic E-state index is 12.8. The zero-order valence-electron chi connectivity index (χ0n) is 19.6. The number of aliphatic hydroxyl groups is 1. The van der Waals surface area contributed by atoms with E-state index in [1.165, 1.54) is 5.01 Å². The van der Waals surface area contributed by atoms with E-state index in [9.17, 15) is 23.5 Å². The van der Waals surface area contributed by atoms with Crippen LogP contribution in [0.3, 0.4) is 0 Å². The normalized spacial score (nSPS) is 16.2. The van der Waals surface area contributed by atoms with E-state index < -0.39 is 12.0 Å². The number of hydrogen-bond donors (Lipinski definition) is 3. The Bertz CT molecular complexity index is 1350. The minimum absolute atomic E-state index is 0.143. The number of piperidine rings is 1. The molecule has 2 aliphatic heterocycles. The summed E-state index contributed by atoms with van der Waals surface area (Å²) in [4.78, 5) is 14.4. The molecule has 9 nitrogen and oxygen atoms in total. The molecule has 3 aromatic rings. The summed E-state index contributed by atoms with van der Waals surface area (Å²) in [6.45, 7) is 1.25. The van der Waals surface area contributed by atoms with E-state index in [4.69, 9.17) is 0 Å². The number of hydrazine groups is 1. The fourth-order valence-corrected chi connectivity index (χ4v) is 4.24. The van der Waals surface area contributed by atoms with Gasteiger partial charge in [-0.1, -0.05) is 6.07 Å². The van der Waals surface area contributed by atoms with Crippen LogP contribution in [-0.2, 0) is 0 Å². The van der Waals surface area contributed by atoms with Crippen molar-refractivity contribution in [1.29, 1.82) is 5.26 Å². The summed E-state index contributed by atoms with van der Waals surface area (Å²) in [6.07, 6.45) is -1.87. The van der Waals surface area contributed by atoms with Crippen LogP contribution in [0, 0.1) is 11.3 Å². The molecule has 2 aromatic carbocycles. The van der Waals surface area contributed by atoms with E-state index in [2.05, 4.69) is 36.7 Å². The van der Waals surface area contributed by atoms with Crippen LogP contribution in [0.2, 0.25) is 0 Å². The van der Waals surface area contributed by atoms with E-state index in [1.807, 2.05) is 12.1 Å². The van der Waals surface area contributed by atoms with Gasteiger partial charge in [0.25, 0.3) is 0 Å². The highest BCUT2D eigenvalue weighted by atomic mass is 19.4. The van der Waals surface area contributed by atoms with Crippen molar-refractivity contribution in [3.8, 4) is 17.3 Å². The van der Waals surface area contributed by atoms with Gasteiger partial charge in [0.05, 0.1) is 28.7 Å². The number of nitrogens with zero attached hydrogens (tertiary/aromatic N) is 6. The molecule has 3 N–H and O–H groups in total. The first-order valence-electron chi connectivity index (χ1n) is 11.6. The standard InChI is InChI=1S/C25H23F3N8O/c26-25(27,28)23-31-15-36(34-23)19-4-2-18(3-5-19)32-24-30-10-7-21(33-24)16-1-6-22(17(13-16)14-29)35-11-8-20(37)9-12-35/h1-7,10,13,20,37H,8-9,11-12,15H2,(H,31,34)(H,30,32,33). The molecule has 0 atom stereocenters. The predicted octanol–water partition coefficient (Wildman–Crippen LogP) is 3.96. The quantitative estimate of drug-likeness (QED) is 0.475. The number of anilines is 4. The predicted molar refractivity (Wildman–Crippen MR) is 133 cm³/mol. The zero-order valence-corrected chi connectivity index (χ0v) is 19.6. The fourth-order valence-electron chi connectivity index (χ4n) is 4.24. The Morgan fingerprint density at radius 3 is 2.51 bits per heavy atom. The molecule has 0 radical (unpaired) electrons. The Hall–Kier alpha value is -4.37. The van der Waals surface area contributed by atoms with E-state index in [1.54, 1.807) is 42.6 Å². The average molecular weight is 509 g/mol. The summed E-state index contributed by atoms with van der Waals surface area (Å²) >= 11 is 0. The molecule has 0 aliphatic carbocycles.